The molecule has 0 fully saturated rings. The van der Waals surface area contributed by atoms with Crippen molar-refractivity contribution in [1.29, 1.82) is 0 Å². The van der Waals surface area contributed by atoms with Crippen LogP contribution in [0.15, 0.2) is 58.1 Å². The van der Waals surface area contributed by atoms with Crippen LogP contribution in [0.5, 0.6) is 0 Å². The molecule has 0 radical (unpaired) electrons. The van der Waals surface area contributed by atoms with Crippen molar-refractivity contribution in [2.45, 2.75) is 26.3 Å². The van der Waals surface area contributed by atoms with Crippen LogP contribution in [0.25, 0.3) is 10.9 Å². The first kappa shape index (κ1) is 20.1. The minimum absolute atomic E-state index is 0.325. The van der Waals surface area contributed by atoms with E-state index in [4.69, 9.17) is 4.74 Å². The number of nitrogens with one attached hydrogen (secondary N) is 2. The third kappa shape index (κ3) is 4.78. The molecule has 0 saturated carbocycles. The number of rotatable bonds is 7. The summed E-state index contributed by atoms with van der Waals surface area (Å²) in [6.07, 6.45) is 1.73. The highest BCUT2D eigenvalue weighted by atomic mass is 16.5. The van der Waals surface area contributed by atoms with Crippen LogP contribution >= 0.6 is 0 Å². The summed E-state index contributed by atoms with van der Waals surface area (Å²) in [5.74, 6) is -0.961. The van der Waals surface area contributed by atoms with Gasteiger partial charge in [0.2, 0.25) is 5.91 Å². The number of H-pyrrole nitrogens is 1. The van der Waals surface area contributed by atoms with E-state index in [0.29, 0.717) is 28.8 Å². The number of hydrogen-bond donors (Lipinski definition) is 2. The molecule has 0 atom stereocenters. The Hall–Kier alpha value is -3.68. The molecule has 0 bridgehead atoms. The molecule has 0 aliphatic rings. The van der Waals surface area contributed by atoms with Crippen LogP contribution in [-0.4, -0.2) is 28.0 Å². The number of aromatic amines is 1. The first-order chi connectivity index (χ1) is 14.0. The zero-order chi connectivity index (χ0) is 20.8. The average Bonchev–Trinajstić information content (AvgIpc) is 2.72. The van der Waals surface area contributed by atoms with Gasteiger partial charge in [0.1, 0.15) is 6.54 Å². The molecular weight excluding hydrogens is 374 g/mol. The van der Waals surface area contributed by atoms with Crippen molar-refractivity contribution >= 4 is 28.5 Å². The van der Waals surface area contributed by atoms with Gasteiger partial charge in [0.25, 0.3) is 5.56 Å². The summed E-state index contributed by atoms with van der Waals surface area (Å²) in [6.45, 7) is 1.94. The molecule has 0 aliphatic carbocycles. The number of unbranched alkanes of at least 4 members (excludes halogenated alkanes) is 1. The van der Waals surface area contributed by atoms with Crippen molar-refractivity contribution in [1.82, 2.24) is 9.55 Å². The molecule has 150 valence electrons. The Bertz CT molecular complexity index is 1150. The molecule has 0 unspecified atom stereocenters. The van der Waals surface area contributed by atoms with E-state index >= 15 is 0 Å². The second kappa shape index (κ2) is 9.01. The fourth-order valence-electron chi connectivity index (χ4n) is 2.77. The largest absolute Gasteiger partial charge is 0.462 e. The summed E-state index contributed by atoms with van der Waals surface area (Å²) in [7, 11) is 0. The number of aromatic nitrogens is 2. The van der Waals surface area contributed by atoms with Gasteiger partial charge in [-0.3, -0.25) is 14.2 Å². The highest BCUT2D eigenvalue weighted by Gasteiger charge is 2.12. The number of anilines is 1. The molecule has 3 rings (SSSR count). The van der Waals surface area contributed by atoms with Crippen LogP contribution in [-0.2, 0) is 16.1 Å². The van der Waals surface area contributed by atoms with Crippen molar-refractivity contribution in [3.05, 3.63) is 74.9 Å². The molecule has 0 aliphatic heterocycles. The topological polar surface area (TPSA) is 110 Å². The Morgan fingerprint density at radius 1 is 1.07 bits per heavy atom. The highest BCUT2D eigenvalue weighted by Crippen LogP contribution is 2.11. The summed E-state index contributed by atoms with van der Waals surface area (Å²) < 4.78 is 5.97. The quantitative estimate of drug-likeness (QED) is 0.471. The second-order valence-electron chi connectivity index (χ2n) is 6.48. The van der Waals surface area contributed by atoms with Crippen LogP contribution in [0.1, 0.15) is 30.1 Å². The van der Waals surface area contributed by atoms with Gasteiger partial charge in [-0.05, 0) is 42.8 Å². The molecule has 3 aromatic rings. The Labute approximate surface area is 166 Å². The lowest BCUT2D eigenvalue weighted by Gasteiger charge is -2.09. The van der Waals surface area contributed by atoms with Crippen molar-refractivity contribution < 1.29 is 14.3 Å². The first-order valence-corrected chi connectivity index (χ1v) is 9.28. The molecular formula is C21H21N3O5. The maximum atomic E-state index is 12.5. The van der Waals surface area contributed by atoms with Gasteiger partial charge in [-0.15, -0.1) is 0 Å². The van der Waals surface area contributed by atoms with E-state index in [0.717, 1.165) is 17.4 Å². The lowest BCUT2D eigenvalue weighted by molar-refractivity contribution is -0.116. The molecule has 29 heavy (non-hydrogen) atoms. The highest BCUT2D eigenvalue weighted by molar-refractivity contribution is 5.93. The molecule has 8 heteroatoms. The second-order valence-corrected chi connectivity index (χ2v) is 6.48. The van der Waals surface area contributed by atoms with E-state index < -0.39 is 29.7 Å². The minimum Gasteiger partial charge on any atom is -0.462 e. The number of esters is 1. The molecule has 2 N–H and O–H groups in total. The summed E-state index contributed by atoms with van der Waals surface area (Å²) in [5.41, 5.74) is 0.0333. The third-order valence-corrected chi connectivity index (χ3v) is 4.33. The minimum atomic E-state index is -0.658. The number of carbonyl (C=O) groups excluding carboxylic acids is 2. The zero-order valence-electron chi connectivity index (χ0n) is 15.9. The molecule has 0 spiro atoms. The SMILES string of the molecule is CCCCOC(=O)c1ccc(NC(=O)Cn2c(=O)[nH]c3ccccc3c2=O)cc1. The van der Waals surface area contributed by atoms with Crippen molar-refractivity contribution in [3.63, 3.8) is 0 Å². The van der Waals surface area contributed by atoms with E-state index in [2.05, 4.69) is 10.3 Å². The Balaban J connectivity index is 1.68. The van der Waals surface area contributed by atoms with Crippen molar-refractivity contribution in [3.8, 4) is 0 Å². The smallest absolute Gasteiger partial charge is 0.338 e. The van der Waals surface area contributed by atoms with Crippen LogP contribution < -0.4 is 16.6 Å². The van der Waals surface area contributed by atoms with Gasteiger partial charge in [-0.2, -0.15) is 0 Å². The standard InChI is InChI=1S/C21H21N3O5/c1-2-3-12-29-20(27)14-8-10-15(11-9-14)22-18(25)13-24-19(26)16-6-4-5-7-17(16)23-21(24)28/h4-11H,2-3,12-13H2,1H3,(H,22,25)(H,23,28). The monoisotopic (exact) mass is 395 g/mol. The number of benzene rings is 2. The maximum absolute atomic E-state index is 12.5. The van der Waals surface area contributed by atoms with Crippen molar-refractivity contribution in [2.24, 2.45) is 0 Å². The fraction of sp³-hybridized carbons (Fsp3) is 0.238. The Kier molecular flexibility index (Phi) is 6.23. The summed E-state index contributed by atoms with van der Waals surface area (Å²) in [6, 6.07) is 12.8. The molecule has 1 aromatic heterocycles. The van der Waals surface area contributed by atoms with E-state index in [9.17, 15) is 19.2 Å². The maximum Gasteiger partial charge on any atom is 0.338 e. The third-order valence-electron chi connectivity index (χ3n) is 4.33. The Morgan fingerprint density at radius 2 is 1.79 bits per heavy atom. The van der Waals surface area contributed by atoms with Gasteiger partial charge in [0.15, 0.2) is 0 Å². The number of nitrogens with zero attached hydrogens (tertiary/aromatic N) is 1. The summed E-state index contributed by atoms with van der Waals surface area (Å²) in [4.78, 5) is 51.4. The van der Waals surface area contributed by atoms with E-state index in [1.807, 2.05) is 6.92 Å². The lowest BCUT2D eigenvalue weighted by Crippen LogP contribution is -2.38. The number of ether oxygens (including phenoxy) is 1. The van der Waals surface area contributed by atoms with Crippen molar-refractivity contribution in [2.75, 3.05) is 11.9 Å². The number of carbonyl (C=O) groups is 2. The summed E-state index contributed by atoms with van der Waals surface area (Å²) in [5, 5.41) is 2.93. The van der Waals surface area contributed by atoms with Gasteiger partial charge < -0.3 is 15.0 Å². The number of para-hydroxylation sites is 1. The molecule has 1 amide bonds. The van der Waals surface area contributed by atoms with Gasteiger partial charge >= 0.3 is 11.7 Å². The predicted molar refractivity (Wildman–Crippen MR) is 109 cm³/mol. The molecule has 1 heterocycles. The van der Waals surface area contributed by atoms with Crippen LogP contribution in [0.4, 0.5) is 5.69 Å². The van der Waals surface area contributed by atoms with Crippen LogP contribution in [0.3, 0.4) is 0 Å². The van der Waals surface area contributed by atoms with E-state index in [1.165, 1.54) is 0 Å². The average molecular weight is 395 g/mol. The Morgan fingerprint density at radius 3 is 2.52 bits per heavy atom. The number of hydrogen-bond acceptors (Lipinski definition) is 5. The van der Waals surface area contributed by atoms with Gasteiger partial charge in [-0.1, -0.05) is 25.5 Å². The van der Waals surface area contributed by atoms with Gasteiger partial charge in [0, 0.05) is 5.69 Å². The van der Waals surface area contributed by atoms with E-state index in [-0.39, 0.29) is 0 Å². The fourth-order valence-corrected chi connectivity index (χ4v) is 2.77. The molecule has 2 aromatic carbocycles. The normalized spacial score (nSPS) is 10.7. The summed E-state index contributed by atoms with van der Waals surface area (Å²) >= 11 is 0. The van der Waals surface area contributed by atoms with Gasteiger partial charge in [-0.25, -0.2) is 9.59 Å². The zero-order valence-corrected chi connectivity index (χ0v) is 15.9. The van der Waals surface area contributed by atoms with Gasteiger partial charge in [0.05, 0.1) is 23.1 Å². The number of amides is 1. The first-order valence-electron chi connectivity index (χ1n) is 9.28. The molecule has 8 nitrogen and oxygen atoms in total. The number of fused-ring (bicyclic) bond motifs is 1. The lowest BCUT2D eigenvalue weighted by atomic mass is 10.2. The van der Waals surface area contributed by atoms with Crippen LogP contribution in [0.2, 0.25) is 0 Å². The van der Waals surface area contributed by atoms with Crippen LogP contribution in [0, 0.1) is 0 Å². The van der Waals surface area contributed by atoms with E-state index in [1.54, 1.807) is 48.5 Å². The predicted octanol–water partition coefficient (Wildman–Crippen LogP) is 2.29. The molecule has 0 saturated heterocycles.